The summed E-state index contributed by atoms with van der Waals surface area (Å²) in [6.45, 7) is 12.8. The molecule has 0 aliphatic carbocycles. The van der Waals surface area contributed by atoms with Gasteiger partial charge in [-0.25, -0.2) is 4.79 Å². The topological polar surface area (TPSA) is 44.8 Å². The van der Waals surface area contributed by atoms with Crippen molar-refractivity contribution in [2.45, 2.75) is 71.6 Å². The van der Waals surface area contributed by atoms with Crippen LogP contribution in [0.25, 0.3) is 0 Å². The van der Waals surface area contributed by atoms with Crippen LogP contribution < -0.4 is 5.32 Å². The predicted molar refractivity (Wildman–Crippen MR) is 95.8 cm³/mol. The molecule has 5 nitrogen and oxygen atoms in total. The second-order valence-corrected chi connectivity index (χ2v) is 7.93. The molecule has 1 rings (SSSR count). The van der Waals surface area contributed by atoms with Crippen LogP contribution in [0.1, 0.15) is 53.9 Å². The summed E-state index contributed by atoms with van der Waals surface area (Å²) < 4.78 is 5.46. The summed E-state index contributed by atoms with van der Waals surface area (Å²) in [6, 6.07) is 0.917. The third-order valence-electron chi connectivity index (χ3n) is 4.71. The van der Waals surface area contributed by atoms with Gasteiger partial charge in [-0.2, -0.15) is 0 Å². The van der Waals surface area contributed by atoms with Crippen molar-refractivity contribution < 1.29 is 9.53 Å². The Morgan fingerprint density at radius 1 is 1.30 bits per heavy atom. The standard InChI is InChI=1S/C18H37N3O2/c1-8-14(9-2)16(20(6)7)12-19-15-10-11-21(13-15)17(22)23-18(3,4)5/h14-16,19H,8-13H2,1-7H3/t15-,16+/m0/s1. The minimum absolute atomic E-state index is 0.189. The van der Waals surface area contributed by atoms with Crippen molar-refractivity contribution in [1.29, 1.82) is 0 Å². The first-order valence-electron chi connectivity index (χ1n) is 9.05. The van der Waals surface area contributed by atoms with Gasteiger partial charge in [0.25, 0.3) is 0 Å². The summed E-state index contributed by atoms with van der Waals surface area (Å²) >= 11 is 0. The zero-order valence-corrected chi connectivity index (χ0v) is 16.2. The maximum Gasteiger partial charge on any atom is 0.410 e. The Bertz CT molecular complexity index is 362. The van der Waals surface area contributed by atoms with Crippen molar-refractivity contribution in [3.63, 3.8) is 0 Å². The van der Waals surface area contributed by atoms with Crippen LogP contribution in [0.4, 0.5) is 4.79 Å². The number of nitrogens with one attached hydrogen (secondary N) is 1. The molecule has 0 saturated carbocycles. The van der Waals surface area contributed by atoms with E-state index in [9.17, 15) is 4.79 Å². The number of nitrogens with zero attached hydrogens (tertiary/aromatic N) is 2. The quantitative estimate of drug-likeness (QED) is 0.781. The summed E-state index contributed by atoms with van der Waals surface area (Å²) in [5.41, 5.74) is -0.423. The molecule has 0 spiro atoms. The lowest BCUT2D eigenvalue weighted by atomic mass is 9.93. The Hall–Kier alpha value is -0.810. The molecular formula is C18H37N3O2. The fourth-order valence-corrected chi connectivity index (χ4v) is 3.31. The number of hydrogen-bond acceptors (Lipinski definition) is 4. The fourth-order valence-electron chi connectivity index (χ4n) is 3.31. The molecule has 136 valence electrons. The smallest absolute Gasteiger partial charge is 0.410 e. The van der Waals surface area contributed by atoms with Gasteiger partial charge >= 0.3 is 6.09 Å². The molecule has 0 aromatic heterocycles. The molecule has 0 unspecified atom stereocenters. The minimum atomic E-state index is -0.423. The van der Waals surface area contributed by atoms with E-state index >= 15 is 0 Å². The highest BCUT2D eigenvalue weighted by Crippen LogP contribution is 2.18. The van der Waals surface area contributed by atoms with Crippen LogP contribution in [0.15, 0.2) is 0 Å². The zero-order chi connectivity index (χ0) is 17.6. The largest absolute Gasteiger partial charge is 0.444 e. The molecule has 1 N–H and O–H groups in total. The molecule has 23 heavy (non-hydrogen) atoms. The van der Waals surface area contributed by atoms with Gasteiger partial charge in [-0.1, -0.05) is 26.7 Å². The number of rotatable bonds is 7. The van der Waals surface area contributed by atoms with E-state index in [0.717, 1.165) is 26.1 Å². The van der Waals surface area contributed by atoms with Gasteiger partial charge in [0, 0.05) is 31.7 Å². The predicted octanol–water partition coefficient (Wildman–Crippen LogP) is 2.95. The second kappa shape index (κ2) is 8.88. The lowest BCUT2D eigenvalue weighted by Crippen LogP contribution is -2.47. The Labute approximate surface area is 142 Å². The summed E-state index contributed by atoms with van der Waals surface area (Å²) in [5.74, 6) is 0.709. The van der Waals surface area contributed by atoms with Gasteiger partial charge in [0.15, 0.2) is 0 Å². The van der Waals surface area contributed by atoms with Crippen molar-refractivity contribution in [1.82, 2.24) is 15.1 Å². The molecule has 5 heteroatoms. The average Bonchev–Trinajstić information content (AvgIpc) is 2.90. The number of amides is 1. The summed E-state index contributed by atoms with van der Waals surface area (Å²) in [6.07, 6.45) is 3.22. The van der Waals surface area contributed by atoms with Crippen molar-refractivity contribution in [2.24, 2.45) is 5.92 Å². The number of likely N-dealkylation sites (tertiary alicyclic amines) is 1. The van der Waals surface area contributed by atoms with Crippen molar-refractivity contribution in [3.05, 3.63) is 0 Å². The Balaban J connectivity index is 2.46. The highest BCUT2D eigenvalue weighted by molar-refractivity contribution is 5.68. The van der Waals surface area contributed by atoms with Crippen LogP contribution in [0.2, 0.25) is 0 Å². The summed E-state index contributed by atoms with van der Waals surface area (Å²) in [5, 5.41) is 3.67. The first-order valence-corrected chi connectivity index (χ1v) is 9.05. The molecule has 1 amide bonds. The fraction of sp³-hybridized carbons (Fsp3) is 0.944. The van der Waals surface area contributed by atoms with Gasteiger partial charge in [-0.3, -0.25) is 0 Å². The number of likely N-dealkylation sites (N-methyl/N-ethyl adjacent to an activating group) is 1. The average molecular weight is 328 g/mol. The molecule has 0 radical (unpaired) electrons. The Morgan fingerprint density at radius 3 is 2.39 bits per heavy atom. The van der Waals surface area contributed by atoms with Gasteiger partial charge in [0.1, 0.15) is 5.60 Å². The van der Waals surface area contributed by atoms with Crippen molar-refractivity contribution in [3.8, 4) is 0 Å². The van der Waals surface area contributed by atoms with E-state index in [4.69, 9.17) is 4.74 Å². The second-order valence-electron chi connectivity index (χ2n) is 7.93. The number of carbonyl (C=O) groups is 1. The van der Waals surface area contributed by atoms with Crippen molar-refractivity contribution in [2.75, 3.05) is 33.7 Å². The maximum absolute atomic E-state index is 12.1. The van der Waals surface area contributed by atoms with E-state index in [1.54, 1.807) is 0 Å². The molecule has 0 bridgehead atoms. The number of carbonyl (C=O) groups excluding carboxylic acids is 1. The number of ether oxygens (including phenoxy) is 1. The molecular weight excluding hydrogens is 290 g/mol. The van der Waals surface area contributed by atoms with Gasteiger partial charge in [0.2, 0.25) is 0 Å². The molecule has 0 aromatic rings. The van der Waals surface area contributed by atoms with Gasteiger partial charge in [-0.15, -0.1) is 0 Å². The molecule has 0 aromatic carbocycles. The lowest BCUT2D eigenvalue weighted by molar-refractivity contribution is 0.0290. The molecule has 1 aliphatic heterocycles. The molecule has 1 fully saturated rings. The summed E-state index contributed by atoms with van der Waals surface area (Å²) in [7, 11) is 4.32. The first kappa shape index (κ1) is 20.2. The first-order chi connectivity index (χ1) is 10.7. The van der Waals surface area contributed by atoms with Crippen LogP contribution in [0.5, 0.6) is 0 Å². The third-order valence-corrected chi connectivity index (χ3v) is 4.71. The van der Waals surface area contributed by atoms with Crippen LogP contribution >= 0.6 is 0 Å². The van der Waals surface area contributed by atoms with Gasteiger partial charge in [-0.05, 0) is 47.2 Å². The van der Waals surface area contributed by atoms with E-state index in [1.165, 1.54) is 12.8 Å². The normalized spacial score (nSPS) is 20.4. The maximum atomic E-state index is 12.1. The van der Waals surface area contributed by atoms with Crippen molar-refractivity contribution >= 4 is 6.09 Å². The monoisotopic (exact) mass is 327 g/mol. The Morgan fingerprint density at radius 2 is 1.91 bits per heavy atom. The molecule has 2 atom stereocenters. The minimum Gasteiger partial charge on any atom is -0.444 e. The molecule has 1 heterocycles. The third kappa shape index (κ3) is 6.68. The van der Waals surface area contributed by atoms with E-state index in [1.807, 2.05) is 25.7 Å². The summed E-state index contributed by atoms with van der Waals surface area (Å²) in [4.78, 5) is 16.3. The van der Waals surface area contributed by atoms with E-state index in [2.05, 4.69) is 38.2 Å². The van der Waals surface area contributed by atoms with Crippen LogP contribution in [-0.2, 0) is 4.74 Å². The highest BCUT2D eigenvalue weighted by Gasteiger charge is 2.30. The number of hydrogen-bond donors (Lipinski definition) is 1. The molecule has 1 saturated heterocycles. The van der Waals surface area contributed by atoms with E-state index in [0.29, 0.717) is 18.0 Å². The van der Waals surface area contributed by atoms with Gasteiger partial charge in [0.05, 0.1) is 0 Å². The van der Waals surface area contributed by atoms with Crippen LogP contribution in [-0.4, -0.2) is 67.3 Å². The van der Waals surface area contributed by atoms with E-state index < -0.39 is 5.60 Å². The van der Waals surface area contributed by atoms with Crippen LogP contribution in [0, 0.1) is 5.92 Å². The Kier molecular flexibility index (Phi) is 7.81. The SMILES string of the molecule is CCC(CC)[C@@H](CN[C@H]1CCN(C(=O)OC(C)(C)C)C1)N(C)C. The molecule has 1 aliphatic rings. The lowest BCUT2D eigenvalue weighted by Gasteiger charge is -2.32. The van der Waals surface area contributed by atoms with Crippen LogP contribution in [0.3, 0.4) is 0 Å². The highest BCUT2D eigenvalue weighted by atomic mass is 16.6. The van der Waals surface area contributed by atoms with Gasteiger partial charge < -0.3 is 19.9 Å². The zero-order valence-electron chi connectivity index (χ0n) is 16.2. The van der Waals surface area contributed by atoms with E-state index in [-0.39, 0.29) is 6.09 Å².